The van der Waals surface area contributed by atoms with Crippen molar-refractivity contribution in [1.82, 2.24) is 14.5 Å². The zero-order valence-corrected chi connectivity index (χ0v) is 10.0. The van der Waals surface area contributed by atoms with Gasteiger partial charge in [0.1, 0.15) is 16.8 Å². The Balaban J connectivity index is 2.33. The Kier molecular flexibility index (Phi) is 2.34. The van der Waals surface area contributed by atoms with E-state index in [9.17, 15) is 0 Å². The lowest BCUT2D eigenvalue weighted by atomic mass is 10.3. The van der Waals surface area contributed by atoms with Crippen LogP contribution >= 0.6 is 11.6 Å². The molecule has 0 aliphatic heterocycles. The molecule has 3 aromatic rings. The van der Waals surface area contributed by atoms with E-state index < -0.39 is 0 Å². The first-order chi connectivity index (χ1) is 8.25. The van der Waals surface area contributed by atoms with Crippen LogP contribution in [0, 0.1) is 6.92 Å². The van der Waals surface area contributed by atoms with Gasteiger partial charge in [0.05, 0.1) is 11.0 Å². The molecular formula is C13H10ClN3. The smallest absolute Gasteiger partial charge is 0.140 e. The fraction of sp³-hybridized carbons (Fsp3) is 0.0769. The molecule has 0 radical (unpaired) electrons. The molecule has 2 heterocycles. The highest BCUT2D eigenvalue weighted by Crippen LogP contribution is 2.20. The Bertz CT molecular complexity index is 688. The third-order valence-corrected chi connectivity index (χ3v) is 2.87. The van der Waals surface area contributed by atoms with Crippen molar-refractivity contribution in [3.05, 3.63) is 53.4 Å². The van der Waals surface area contributed by atoms with Crippen LogP contribution in [-0.4, -0.2) is 14.5 Å². The highest BCUT2D eigenvalue weighted by molar-refractivity contribution is 6.29. The molecule has 0 spiro atoms. The van der Waals surface area contributed by atoms with Crippen LogP contribution in [0.1, 0.15) is 5.82 Å². The summed E-state index contributed by atoms with van der Waals surface area (Å²) in [5.41, 5.74) is 2.01. The maximum Gasteiger partial charge on any atom is 0.140 e. The van der Waals surface area contributed by atoms with Crippen LogP contribution in [0.2, 0.25) is 5.15 Å². The van der Waals surface area contributed by atoms with E-state index in [1.54, 1.807) is 6.07 Å². The average Bonchev–Trinajstić information content (AvgIpc) is 2.64. The van der Waals surface area contributed by atoms with Crippen molar-refractivity contribution in [2.75, 3.05) is 0 Å². The first-order valence-corrected chi connectivity index (χ1v) is 5.70. The number of aryl methyl sites for hydroxylation is 1. The Morgan fingerprint density at radius 3 is 2.65 bits per heavy atom. The molecule has 0 aliphatic rings. The normalized spacial score (nSPS) is 10.9. The molecule has 0 aliphatic carbocycles. The maximum atomic E-state index is 5.92. The van der Waals surface area contributed by atoms with Gasteiger partial charge >= 0.3 is 0 Å². The molecule has 84 valence electrons. The van der Waals surface area contributed by atoms with Crippen molar-refractivity contribution >= 4 is 22.6 Å². The van der Waals surface area contributed by atoms with Crippen LogP contribution in [0.3, 0.4) is 0 Å². The van der Waals surface area contributed by atoms with E-state index in [1.165, 1.54) is 0 Å². The van der Waals surface area contributed by atoms with Crippen molar-refractivity contribution in [3.63, 3.8) is 0 Å². The number of hydrogen-bond donors (Lipinski definition) is 0. The number of para-hydroxylation sites is 2. The highest BCUT2D eigenvalue weighted by Gasteiger charge is 2.09. The number of halogens is 1. The Labute approximate surface area is 104 Å². The number of pyridine rings is 1. The van der Waals surface area contributed by atoms with Crippen molar-refractivity contribution in [3.8, 4) is 5.82 Å². The van der Waals surface area contributed by atoms with E-state index in [4.69, 9.17) is 11.6 Å². The van der Waals surface area contributed by atoms with Gasteiger partial charge in [-0.3, -0.25) is 4.57 Å². The molecule has 2 aromatic heterocycles. The fourth-order valence-corrected chi connectivity index (χ4v) is 2.12. The molecule has 0 amide bonds. The quantitative estimate of drug-likeness (QED) is 0.614. The van der Waals surface area contributed by atoms with Crippen LogP contribution in [-0.2, 0) is 0 Å². The van der Waals surface area contributed by atoms with Gasteiger partial charge in [-0.25, -0.2) is 9.97 Å². The summed E-state index contributed by atoms with van der Waals surface area (Å²) in [7, 11) is 0. The number of nitrogens with zero attached hydrogens (tertiary/aromatic N) is 3. The van der Waals surface area contributed by atoms with E-state index in [0.29, 0.717) is 5.15 Å². The molecule has 17 heavy (non-hydrogen) atoms. The summed E-state index contributed by atoms with van der Waals surface area (Å²) in [4.78, 5) is 8.81. The monoisotopic (exact) mass is 243 g/mol. The molecule has 0 unspecified atom stereocenters. The van der Waals surface area contributed by atoms with Gasteiger partial charge in [0, 0.05) is 0 Å². The number of benzene rings is 1. The second-order valence-electron chi connectivity index (χ2n) is 3.80. The van der Waals surface area contributed by atoms with E-state index in [1.807, 2.05) is 47.9 Å². The molecule has 4 heteroatoms. The van der Waals surface area contributed by atoms with Gasteiger partial charge in [-0.15, -0.1) is 0 Å². The van der Waals surface area contributed by atoms with E-state index >= 15 is 0 Å². The maximum absolute atomic E-state index is 5.92. The average molecular weight is 244 g/mol. The van der Waals surface area contributed by atoms with Gasteiger partial charge in [-0.1, -0.05) is 29.8 Å². The van der Waals surface area contributed by atoms with Crippen molar-refractivity contribution < 1.29 is 0 Å². The summed E-state index contributed by atoms with van der Waals surface area (Å²) in [6.07, 6.45) is 0. The zero-order chi connectivity index (χ0) is 11.8. The molecular weight excluding hydrogens is 234 g/mol. The third kappa shape index (κ3) is 1.68. The molecule has 3 nitrogen and oxygen atoms in total. The number of imidazole rings is 1. The van der Waals surface area contributed by atoms with Crippen molar-refractivity contribution in [2.24, 2.45) is 0 Å². The topological polar surface area (TPSA) is 30.7 Å². The first-order valence-electron chi connectivity index (χ1n) is 5.33. The van der Waals surface area contributed by atoms with Crippen LogP contribution in [0.5, 0.6) is 0 Å². The van der Waals surface area contributed by atoms with Crippen LogP contribution < -0.4 is 0 Å². The molecule has 0 atom stereocenters. The summed E-state index contributed by atoms with van der Waals surface area (Å²) in [6.45, 7) is 1.96. The SMILES string of the molecule is Cc1nc2ccccc2n1-c1cccc(Cl)n1. The number of fused-ring (bicyclic) bond motifs is 1. The van der Waals surface area contributed by atoms with Crippen LogP contribution in [0.15, 0.2) is 42.5 Å². The van der Waals surface area contributed by atoms with Crippen molar-refractivity contribution in [1.29, 1.82) is 0 Å². The molecule has 0 bridgehead atoms. The minimum Gasteiger partial charge on any atom is -0.281 e. The fourth-order valence-electron chi connectivity index (χ4n) is 1.96. The van der Waals surface area contributed by atoms with Crippen molar-refractivity contribution in [2.45, 2.75) is 6.92 Å². The third-order valence-electron chi connectivity index (χ3n) is 2.66. The Hall–Kier alpha value is -1.87. The summed E-state index contributed by atoms with van der Waals surface area (Å²) in [5.74, 6) is 1.70. The van der Waals surface area contributed by atoms with Crippen LogP contribution in [0.25, 0.3) is 16.9 Å². The largest absolute Gasteiger partial charge is 0.281 e. The predicted molar refractivity (Wildman–Crippen MR) is 68.6 cm³/mol. The molecule has 3 rings (SSSR count). The lowest BCUT2D eigenvalue weighted by molar-refractivity contribution is 0.957. The van der Waals surface area contributed by atoms with E-state index in [-0.39, 0.29) is 0 Å². The zero-order valence-electron chi connectivity index (χ0n) is 9.26. The standard InChI is InChI=1S/C13H10ClN3/c1-9-15-10-5-2-3-6-11(10)17(9)13-8-4-7-12(14)16-13/h2-8H,1H3. The van der Waals surface area contributed by atoms with E-state index in [0.717, 1.165) is 22.7 Å². The second kappa shape index (κ2) is 3.86. The summed E-state index contributed by atoms with van der Waals surface area (Å²) in [5, 5.41) is 0.486. The Morgan fingerprint density at radius 1 is 1.00 bits per heavy atom. The minimum absolute atomic E-state index is 0.486. The summed E-state index contributed by atoms with van der Waals surface area (Å²) >= 11 is 5.92. The number of rotatable bonds is 1. The Morgan fingerprint density at radius 2 is 1.82 bits per heavy atom. The van der Waals surface area contributed by atoms with Gasteiger partial charge in [-0.05, 0) is 31.2 Å². The van der Waals surface area contributed by atoms with Crippen LogP contribution in [0.4, 0.5) is 0 Å². The minimum atomic E-state index is 0.486. The van der Waals surface area contributed by atoms with Gasteiger partial charge in [-0.2, -0.15) is 0 Å². The second-order valence-corrected chi connectivity index (χ2v) is 4.19. The molecule has 1 aromatic carbocycles. The van der Waals surface area contributed by atoms with Gasteiger partial charge in [0.15, 0.2) is 0 Å². The predicted octanol–water partition coefficient (Wildman–Crippen LogP) is 3.38. The summed E-state index contributed by atoms with van der Waals surface area (Å²) in [6, 6.07) is 13.6. The number of hydrogen-bond acceptors (Lipinski definition) is 2. The van der Waals surface area contributed by atoms with Gasteiger partial charge < -0.3 is 0 Å². The lowest BCUT2D eigenvalue weighted by Crippen LogP contribution is -1.99. The summed E-state index contributed by atoms with van der Waals surface area (Å²) < 4.78 is 2.00. The lowest BCUT2D eigenvalue weighted by Gasteiger charge is -2.05. The number of aromatic nitrogens is 3. The molecule has 0 saturated carbocycles. The van der Waals surface area contributed by atoms with E-state index in [2.05, 4.69) is 9.97 Å². The molecule has 0 N–H and O–H groups in total. The molecule has 0 fully saturated rings. The van der Waals surface area contributed by atoms with Gasteiger partial charge in [0.25, 0.3) is 0 Å². The first kappa shape index (κ1) is 10.3. The highest BCUT2D eigenvalue weighted by atomic mass is 35.5. The van der Waals surface area contributed by atoms with Gasteiger partial charge in [0.2, 0.25) is 0 Å². The molecule has 0 saturated heterocycles.